The van der Waals surface area contributed by atoms with Crippen molar-refractivity contribution in [3.05, 3.63) is 29.3 Å². The number of aromatic nitrogens is 4. The molecule has 1 fully saturated rings. The van der Waals surface area contributed by atoms with Gasteiger partial charge in [0.25, 0.3) is 0 Å². The van der Waals surface area contributed by atoms with E-state index in [1.807, 2.05) is 31.0 Å². The number of halogens is 1. The number of tetrazole rings is 1. The molecule has 134 valence electrons. The van der Waals surface area contributed by atoms with E-state index in [1.165, 1.54) is 4.80 Å². The summed E-state index contributed by atoms with van der Waals surface area (Å²) in [5.41, 5.74) is 0.827. The molecule has 0 saturated carbocycles. The Morgan fingerprint density at radius 1 is 1.32 bits per heavy atom. The number of benzene rings is 1. The summed E-state index contributed by atoms with van der Waals surface area (Å²) in [7, 11) is 1.97. The van der Waals surface area contributed by atoms with Gasteiger partial charge in [-0.15, -0.1) is 10.2 Å². The van der Waals surface area contributed by atoms with Gasteiger partial charge < -0.3 is 10.2 Å². The van der Waals surface area contributed by atoms with Crippen LogP contribution in [0.15, 0.2) is 24.3 Å². The van der Waals surface area contributed by atoms with E-state index in [-0.39, 0.29) is 5.91 Å². The van der Waals surface area contributed by atoms with Gasteiger partial charge in [-0.3, -0.25) is 4.79 Å². The van der Waals surface area contributed by atoms with Crippen LogP contribution in [0.1, 0.15) is 32.2 Å². The highest BCUT2D eigenvalue weighted by molar-refractivity contribution is 6.30. The summed E-state index contributed by atoms with van der Waals surface area (Å²) in [6.07, 6.45) is 2.57. The maximum Gasteiger partial charge on any atom is 0.249 e. The topological polar surface area (TPSA) is 75.9 Å². The molecular weight excluding hydrogens is 340 g/mol. The molecule has 3 rings (SSSR count). The molecule has 1 aromatic heterocycles. The summed E-state index contributed by atoms with van der Waals surface area (Å²) in [5.74, 6) is 0.564. The van der Waals surface area contributed by atoms with Crippen LogP contribution >= 0.6 is 11.6 Å². The zero-order valence-electron chi connectivity index (χ0n) is 14.5. The van der Waals surface area contributed by atoms with Crippen molar-refractivity contribution in [2.75, 3.05) is 20.1 Å². The largest absolute Gasteiger partial charge is 0.341 e. The molecule has 7 nitrogen and oxygen atoms in total. The smallest absolute Gasteiger partial charge is 0.249 e. The molecule has 1 unspecified atom stereocenters. The maximum absolute atomic E-state index is 12.9. The van der Waals surface area contributed by atoms with Gasteiger partial charge in [0.15, 0.2) is 6.04 Å². The van der Waals surface area contributed by atoms with Gasteiger partial charge in [0.05, 0.1) is 0 Å². The van der Waals surface area contributed by atoms with Crippen molar-refractivity contribution in [1.29, 1.82) is 0 Å². The molecule has 2 heterocycles. The third-order valence-electron chi connectivity index (χ3n) is 4.70. The summed E-state index contributed by atoms with van der Waals surface area (Å²) in [6, 6.07) is 7.33. The predicted octanol–water partition coefficient (Wildman–Crippen LogP) is 2.16. The van der Waals surface area contributed by atoms with Gasteiger partial charge in [-0.05, 0) is 55.8 Å². The number of piperidine rings is 1. The van der Waals surface area contributed by atoms with Crippen LogP contribution in [-0.4, -0.2) is 57.2 Å². The lowest BCUT2D eigenvalue weighted by Gasteiger charge is -2.33. The summed E-state index contributed by atoms with van der Waals surface area (Å²) >= 11 is 5.91. The fraction of sp³-hybridized carbons (Fsp3) is 0.529. The SMILES string of the molecule is CCC(C(=O)N1CCC(NC)CC1)n1nnc(-c2ccc(Cl)cc2)n1. The zero-order valence-corrected chi connectivity index (χ0v) is 15.3. The van der Waals surface area contributed by atoms with Crippen LogP contribution in [0.5, 0.6) is 0 Å². The molecule has 0 radical (unpaired) electrons. The summed E-state index contributed by atoms with van der Waals surface area (Å²) in [5, 5.41) is 16.6. The third-order valence-corrected chi connectivity index (χ3v) is 4.95. The highest BCUT2D eigenvalue weighted by Gasteiger charge is 2.29. The van der Waals surface area contributed by atoms with Crippen LogP contribution < -0.4 is 5.32 Å². The monoisotopic (exact) mass is 362 g/mol. The fourth-order valence-electron chi connectivity index (χ4n) is 3.11. The molecule has 1 aliphatic rings. The lowest BCUT2D eigenvalue weighted by Crippen LogP contribution is -2.46. The minimum atomic E-state index is -0.417. The second-order valence-electron chi connectivity index (χ2n) is 6.25. The molecule has 1 amide bonds. The molecule has 1 aromatic carbocycles. The van der Waals surface area contributed by atoms with Crippen molar-refractivity contribution in [2.45, 2.75) is 38.3 Å². The van der Waals surface area contributed by atoms with E-state index < -0.39 is 6.04 Å². The van der Waals surface area contributed by atoms with Crippen molar-refractivity contribution in [1.82, 2.24) is 30.4 Å². The Hall–Kier alpha value is -1.99. The minimum absolute atomic E-state index is 0.0668. The van der Waals surface area contributed by atoms with Crippen molar-refractivity contribution < 1.29 is 4.79 Å². The molecule has 1 N–H and O–H groups in total. The number of hydrogen-bond donors (Lipinski definition) is 1. The first-order valence-corrected chi connectivity index (χ1v) is 9.01. The molecule has 8 heteroatoms. The maximum atomic E-state index is 12.9. The quantitative estimate of drug-likeness (QED) is 0.882. The summed E-state index contributed by atoms with van der Waals surface area (Å²) in [6.45, 7) is 3.49. The first kappa shape index (κ1) is 17.8. The van der Waals surface area contributed by atoms with Crippen LogP contribution in [0.3, 0.4) is 0 Å². The molecule has 1 atom stereocenters. The Balaban J connectivity index is 1.73. The van der Waals surface area contributed by atoms with Gasteiger partial charge in [-0.2, -0.15) is 4.80 Å². The Kier molecular flexibility index (Phi) is 5.65. The minimum Gasteiger partial charge on any atom is -0.341 e. The molecule has 25 heavy (non-hydrogen) atoms. The molecule has 2 aromatic rings. The van der Waals surface area contributed by atoms with E-state index in [0.717, 1.165) is 31.5 Å². The standard InChI is InChI=1S/C17H23ClN6O/c1-3-15(17(25)23-10-8-14(19-2)9-11-23)24-21-16(20-22-24)12-4-6-13(18)7-5-12/h4-7,14-15,19H,3,8-11H2,1-2H3. The Morgan fingerprint density at radius 3 is 2.60 bits per heavy atom. The van der Waals surface area contributed by atoms with Crippen molar-refractivity contribution in [3.8, 4) is 11.4 Å². The van der Waals surface area contributed by atoms with E-state index in [9.17, 15) is 4.79 Å². The van der Waals surface area contributed by atoms with Crippen molar-refractivity contribution >= 4 is 17.5 Å². The number of nitrogens with zero attached hydrogens (tertiary/aromatic N) is 5. The number of carbonyl (C=O) groups is 1. The fourth-order valence-corrected chi connectivity index (χ4v) is 3.23. The van der Waals surface area contributed by atoms with Gasteiger partial charge in [-0.25, -0.2) is 0 Å². The first-order valence-electron chi connectivity index (χ1n) is 8.64. The summed E-state index contributed by atoms with van der Waals surface area (Å²) < 4.78 is 0. The zero-order chi connectivity index (χ0) is 17.8. The van der Waals surface area contributed by atoms with E-state index in [2.05, 4.69) is 20.7 Å². The number of nitrogens with one attached hydrogen (secondary N) is 1. The Labute approximate surface area is 152 Å². The first-order chi connectivity index (χ1) is 12.1. The third kappa shape index (κ3) is 3.99. The van der Waals surface area contributed by atoms with E-state index >= 15 is 0 Å². The van der Waals surface area contributed by atoms with Crippen LogP contribution in [0.4, 0.5) is 0 Å². The van der Waals surface area contributed by atoms with E-state index in [0.29, 0.717) is 23.3 Å². The Morgan fingerprint density at radius 2 is 2.00 bits per heavy atom. The molecule has 0 aliphatic carbocycles. The number of amides is 1. The molecule has 1 aliphatic heterocycles. The predicted molar refractivity (Wildman–Crippen MR) is 96.3 cm³/mol. The summed E-state index contributed by atoms with van der Waals surface area (Å²) in [4.78, 5) is 16.2. The molecule has 0 bridgehead atoms. The van der Waals surface area contributed by atoms with Crippen LogP contribution in [0.2, 0.25) is 5.02 Å². The van der Waals surface area contributed by atoms with E-state index in [1.54, 1.807) is 12.1 Å². The highest BCUT2D eigenvalue weighted by atomic mass is 35.5. The number of rotatable bonds is 5. The highest BCUT2D eigenvalue weighted by Crippen LogP contribution is 2.20. The average Bonchev–Trinajstić information content (AvgIpc) is 3.12. The lowest BCUT2D eigenvalue weighted by atomic mass is 10.0. The van der Waals surface area contributed by atoms with Gasteiger partial charge in [0, 0.05) is 29.7 Å². The van der Waals surface area contributed by atoms with Crippen LogP contribution in [0, 0.1) is 0 Å². The van der Waals surface area contributed by atoms with Crippen molar-refractivity contribution in [2.24, 2.45) is 0 Å². The molecular formula is C17H23ClN6O. The average molecular weight is 363 g/mol. The van der Waals surface area contributed by atoms with Gasteiger partial charge in [-0.1, -0.05) is 18.5 Å². The van der Waals surface area contributed by atoms with Crippen LogP contribution in [-0.2, 0) is 4.79 Å². The normalized spacial score (nSPS) is 16.8. The van der Waals surface area contributed by atoms with E-state index in [4.69, 9.17) is 11.6 Å². The van der Waals surface area contributed by atoms with Gasteiger partial charge in [0.2, 0.25) is 11.7 Å². The lowest BCUT2D eigenvalue weighted by molar-refractivity contribution is -0.136. The van der Waals surface area contributed by atoms with Crippen molar-refractivity contribution in [3.63, 3.8) is 0 Å². The van der Waals surface area contributed by atoms with Crippen LogP contribution in [0.25, 0.3) is 11.4 Å². The van der Waals surface area contributed by atoms with Gasteiger partial charge in [0.1, 0.15) is 0 Å². The number of hydrogen-bond acceptors (Lipinski definition) is 5. The second-order valence-corrected chi connectivity index (χ2v) is 6.69. The second kappa shape index (κ2) is 7.93. The van der Waals surface area contributed by atoms with Gasteiger partial charge >= 0.3 is 0 Å². The Bertz CT molecular complexity index is 708. The molecule has 0 spiro atoms. The number of likely N-dealkylation sites (tertiary alicyclic amines) is 1. The number of carbonyl (C=O) groups excluding carboxylic acids is 1. The molecule has 1 saturated heterocycles.